The second-order valence-corrected chi connectivity index (χ2v) is 8.95. The number of morpholine rings is 1. The second-order valence-electron chi connectivity index (χ2n) is 7.09. The quantitative estimate of drug-likeness (QED) is 0.642. The van der Waals surface area contributed by atoms with Gasteiger partial charge in [-0.3, -0.25) is 0 Å². The summed E-state index contributed by atoms with van der Waals surface area (Å²) in [5, 5.41) is -0.219. The Kier molecular flexibility index (Phi) is 5.14. The molecule has 3 aromatic rings. The van der Waals surface area contributed by atoms with E-state index in [4.69, 9.17) is 9.15 Å². The number of benzene rings is 2. The van der Waals surface area contributed by atoms with Crippen LogP contribution in [0.5, 0.6) is 0 Å². The number of sulfone groups is 1. The van der Waals surface area contributed by atoms with Gasteiger partial charge in [0, 0.05) is 13.1 Å². The molecule has 6 nitrogen and oxygen atoms in total. The predicted molar refractivity (Wildman–Crippen MR) is 106 cm³/mol. The predicted octanol–water partition coefficient (Wildman–Crippen LogP) is 3.93. The minimum Gasteiger partial charge on any atom is -0.419 e. The summed E-state index contributed by atoms with van der Waals surface area (Å²) in [5.41, 5.74) is 0.109. The maximum Gasteiger partial charge on any atom is 0.236 e. The average molecular weight is 416 g/mol. The normalized spacial score (nSPS) is 20.0. The van der Waals surface area contributed by atoms with E-state index in [1.165, 1.54) is 24.3 Å². The lowest BCUT2D eigenvalue weighted by Crippen LogP contribution is -2.45. The Morgan fingerprint density at radius 2 is 1.62 bits per heavy atom. The van der Waals surface area contributed by atoms with Crippen molar-refractivity contribution < 1.29 is 22.0 Å². The summed E-state index contributed by atoms with van der Waals surface area (Å²) >= 11 is 0. The maximum atomic E-state index is 14.3. The first kappa shape index (κ1) is 19.6. The van der Waals surface area contributed by atoms with E-state index in [-0.39, 0.29) is 39.5 Å². The molecule has 0 N–H and O–H groups in total. The lowest BCUT2D eigenvalue weighted by molar-refractivity contribution is -0.00657. The maximum absolute atomic E-state index is 14.3. The molecule has 0 amide bonds. The molecule has 0 saturated carbocycles. The van der Waals surface area contributed by atoms with Crippen molar-refractivity contribution in [1.82, 2.24) is 4.98 Å². The van der Waals surface area contributed by atoms with Gasteiger partial charge in [-0.15, -0.1) is 0 Å². The van der Waals surface area contributed by atoms with Gasteiger partial charge >= 0.3 is 0 Å². The van der Waals surface area contributed by atoms with Crippen LogP contribution in [0.3, 0.4) is 0 Å². The van der Waals surface area contributed by atoms with E-state index in [0.29, 0.717) is 13.1 Å². The van der Waals surface area contributed by atoms with Crippen LogP contribution in [0.2, 0.25) is 0 Å². The standard InChI is InChI=1S/C21H21FN2O4S/c1-14-12-24(13-15(2)27-14)21-20(29(25,26)16-8-4-3-5-9-16)23-19(28-21)17-10-6-7-11-18(17)22/h3-11,14-15H,12-13H2,1-2H3/t14-,15-/m1/s1. The second kappa shape index (κ2) is 7.61. The number of hydrogen-bond acceptors (Lipinski definition) is 6. The fourth-order valence-electron chi connectivity index (χ4n) is 3.48. The van der Waals surface area contributed by atoms with Crippen LogP contribution in [0, 0.1) is 5.82 Å². The number of rotatable bonds is 4. The number of anilines is 1. The van der Waals surface area contributed by atoms with Crippen molar-refractivity contribution in [2.75, 3.05) is 18.0 Å². The molecule has 0 spiro atoms. The van der Waals surface area contributed by atoms with Crippen molar-refractivity contribution in [1.29, 1.82) is 0 Å². The van der Waals surface area contributed by atoms with E-state index in [0.717, 1.165) is 0 Å². The summed E-state index contributed by atoms with van der Waals surface area (Å²) in [6.45, 7) is 4.69. The van der Waals surface area contributed by atoms with Gasteiger partial charge in [-0.05, 0) is 38.1 Å². The third-order valence-electron chi connectivity index (χ3n) is 4.70. The van der Waals surface area contributed by atoms with E-state index in [9.17, 15) is 12.8 Å². The van der Waals surface area contributed by atoms with Crippen molar-refractivity contribution >= 4 is 15.7 Å². The molecule has 0 aliphatic carbocycles. The Labute approximate surface area is 168 Å². The first-order chi connectivity index (χ1) is 13.9. The summed E-state index contributed by atoms with van der Waals surface area (Å²) in [4.78, 5) is 6.14. The van der Waals surface area contributed by atoms with Gasteiger partial charge in [-0.2, -0.15) is 4.98 Å². The molecule has 4 rings (SSSR count). The molecule has 2 heterocycles. The summed E-state index contributed by atoms with van der Waals surface area (Å²) < 4.78 is 52.6. The number of ether oxygens (including phenoxy) is 1. The van der Waals surface area contributed by atoms with Crippen molar-refractivity contribution in [2.24, 2.45) is 0 Å². The SMILES string of the molecule is C[C@@H]1CN(c2oc(-c3ccccc3F)nc2S(=O)(=O)c2ccccc2)C[C@@H](C)O1. The molecule has 0 unspecified atom stereocenters. The summed E-state index contributed by atoms with van der Waals surface area (Å²) in [6.07, 6.45) is -0.235. The molecule has 1 aromatic heterocycles. The van der Waals surface area contributed by atoms with Crippen LogP contribution in [0.1, 0.15) is 13.8 Å². The van der Waals surface area contributed by atoms with Crippen LogP contribution in [0.25, 0.3) is 11.5 Å². The molecule has 152 valence electrons. The van der Waals surface area contributed by atoms with E-state index in [1.54, 1.807) is 35.2 Å². The Hall–Kier alpha value is -2.71. The topological polar surface area (TPSA) is 72.6 Å². The Bertz CT molecular complexity index is 1100. The largest absolute Gasteiger partial charge is 0.419 e. The van der Waals surface area contributed by atoms with Gasteiger partial charge in [-0.1, -0.05) is 30.3 Å². The van der Waals surface area contributed by atoms with Crippen LogP contribution < -0.4 is 4.90 Å². The van der Waals surface area contributed by atoms with Gasteiger partial charge in [0.05, 0.1) is 22.7 Å². The van der Waals surface area contributed by atoms with Crippen molar-refractivity contribution in [3.63, 3.8) is 0 Å². The van der Waals surface area contributed by atoms with Gasteiger partial charge in [0.1, 0.15) is 5.82 Å². The van der Waals surface area contributed by atoms with Crippen LogP contribution in [-0.2, 0) is 14.6 Å². The Balaban J connectivity index is 1.88. The van der Waals surface area contributed by atoms with E-state index >= 15 is 0 Å². The molecule has 1 aliphatic heterocycles. The lowest BCUT2D eigenvalue weighted by Gasteiger charge is -2.35. The molecule has 2 atom stereocenters. The van der Waals surface area contributed by atoms with Crippen molar-refractivity contribution in [2.45, 2.75) is 36.0 Å². The molecule has 29 heavy (non-hydrogen) atoms. The average Bonchev–Trinajstić information content (AvgIpc) is 3.14. The fraction of sp³-hybridized carbons (Fsp3) is 0.286. The Morgan fingerprint density at radius 1 is 1.00 bits per heavy atom. The van der Waals surface area contributed by atoms with Gasteiger partial charge in [0.25, 0.3) is 0 Å². The third kappa shape index (κ3) is 3.77. The lowest BCUT2D eigenvalue weighted by atomic mass is 10.2. The minimum absolute atomic E-state index is 0.0700. The molecule has 0 radical (unpaired) electrons. The third-order valence-corrected chi connectivity index (χ3v) is 6.37. The van der Waals surface area contributed by atoms with Crippen LogP contribution in [0.4, 0.5) is 10.3 Å². The molecule has 0 bridgehead atoms. The van der Waals surface area contributed by atoms with Crippen molar-refractivity contribution in [3.8, 4) is 11.5 Å². The highest BCUT2D eigenvalue weighted by Crippen LogP contribution is 2.36. The minimum atomic E-state index is -3.96. The summed E-state index contributed by atoms with van der Waals surface area (Å²) in [7, 11) is -3.96. The zero-order valence-electron chi connectivity index (χ0n) is 16.1. The highest BCUT2D eigenvalue weighted by atomic mass is 32.2. The number of hydrogen-bond donors (Lipinski definition) is 0. The molecular formula is C21H21FN2O4S. The molecular weight excluding hydrogens is 395 g/mol. The van der Waals surface area contributed by atoms with Gasteiger partial charge in [0.2, 0.25) is 26.6 Å². The Morgan fingerprint density at radius 3 is 2.28 bits per heavy atom. The molecule has 8 heteroatoms. The first-order valence-electron chi connectivity index (χ1n) is 9.32. The molecule has 2 aromatic carbocycles. The smallest absolute Gasteiger partial charge is 0.236 e. The highest BCUT2D eigenvalue weighted by Gasteiger charge is 2.34. The monoisotopic (exact) mass is 416 g/mol. The summed E-state index contributed by atoms with van der Waals surface area (Å²) in [6, 6.07) is 14.0. The van der Waals surface area contributed by atoms with E-state index in [1.807, 2.05) is 13.8 Å². The molecule has 1 fully saturated rings. The molecule has 1 aliphatic rings. The molecule has 1 saturated heterocycles. The van der Waals surface area contributed by atoms with Crippen molar-refractivity contribution in [3.05, 3.63) is 60.4 Å². The summed E-state index contributed by atoms with van der Waals surface area (Å²) in [5.74, 6) is -0.499. The first-order valence-corrected chi connectivity index (χ1v) is 10.8. The number of oxazole rings is 1. The van der Waals surface area contributed by atoms with Crippen LogP contribution >= 0.6 is 0 Å². The number of nitrogens with zero attached hydrogens (tertiary/aromatic N) is 2. The van der Waals surface area contributed by atoms with Gasteiger partial charge in [0.15, 0.2) is 0 Å². The zero-order valence-corrected chi connectivity index (χ0v) is 16.9. The van der Waals surface area contributed by atoms with Gasteiger partial charge < -0.3 is 14.1 Å². The van der Waals surface area contributed by atoms with E-state index < -0.39 is 15.7 Å². The van der Waals surface area contributed by atoms with Gasteiger partial charge in [-0.25, -0.2) is 12.8 Å². The highest BCUT2D eigenvalue weighted by molar-refractivity contribution is 7.91. The fourth-order valence-corrected chi connectivity index (χ4v) is 4.82. The van der Waals surface area contributed by atoms with Crippen LogP contribution in [-0.4, -0.2) is 38.7 Å². The van der Waals surface area contributed by atoms with E-state index in [2.05, 4.69) is 4.98 Å². The van der Waals surface area contributed by atoms with Crippen LogP contribution in [0.15, 0.2) is 68.9 Å². The number of aromatic nitrogens is 1. The zero-order chi connectivity index (χ0) is 20.6. The number of halogens is 1.